The molecule has 0 aromatic rings. The van der Waals surface area contributed by atoms with Crippen molar-refractivity contribution in [3.8, 4) is 0 Å². The zero-order valence-corrected chi connectivity index (χ0v) is 16.3. The van der Waals surface area contributed by atoms with Crippen LogP contribution in [0.5, 0.6) is 0 Å². The van der Waals surface area contributed by atoms with Gasteiger partial charge < -0.3 is 13.7 Å². The van der Waals surface area contributed by atoms with Gasteiger partial charge in [0.15, 0.2) is 30.4 Å². The molecule has 0 aliphatic carbocycles. The third-order valence-corrected chi connectivity index (χ3v) is 2.55. The molecule has 0 atom stereocenters. The van der Waals surface area contributed by atoms with Crippen LogP contribution < -0.4 is 0 Å². The standard InChI is InChI=1S/3CHF3O3S.Hf/c3*2-1(3,4)8(5,6)7;/h3*(H,5,6,7);/p-3. The molecule has 22 heteroatoms. The Morgan fingerprint density at radius 1 is 0.440 bits per heavy atom. The number of hydrogen-bond donors (Lipinski definition) is 0. The molecule has 0 aliphatic rings. The van der Waals surface area contributed by atoms with Crippen molar-refractivity contribution in [2.24, 2.45) is 0 Å². The molecule has 0 aliphatic heterocycles. The number of hydrogen-bond acceptors (Lipinski definition) is 9. The van der Waals surface area contributed by atoms with Crippen LogP contribution in [0.1, 0.15) is 0 Å². The molecular formula is C3F9HfO9S3-3. The molecule has 0 aromatic carbocycles. The molecule has 0 saturated heterocycles. The minimum absolute atomic E-state index is 0. The van der Waals surface area contributed by atoms with Crippen LogP contribution in [0.3, 0.4) is 0 Å². The van der Waals surface area contributed by atoms with Crippen molar-refractivity contribution in [1.82, 2.24) is 0 Å². The Bertz CT molecular complexity index is 596. The van der Waals surface area contributed by atoms with Gasteiger partial charge in [-0.3, -0.25) is 0 Å². The fourth-order valence-electron chi connectivity index (χ4n) is 0. The van der Waals surface area contributed by atoms with Crippen molar-refractivity contribution in [2.75, 3.05) is 0 Å². The minimum Gasteiger partial charge on any atom is -0.741 e. The smallest absolute Gasteiger partial charge is 0.485 e. The van der Waals surface area contributed by atoms with Gasteiger partial charge in [-0.15, -0.1) is 0 Å². The van der Waals surface area contributed by atoms with Crippen molar-refractivity contribution < 1.29 is 104 Å². The van der Waals surface area contributed by atoms with Crippen LogP contribution in [0.15, 0.2) is 0 Å². The zero-order chi connectivity index (χ0) is 21.0. The first-order chi connectivity index (χ1) is 9.75. The van der Waals surface area contributed by atoms with Gasteiger partial charge >= 0.3 is 16.5 Å². The van der Waals surface area contributed by atoms with E-state index in [1.165, 1.54) is 0 Å². The van der Waals surface area contributed by atoms with Gasteiger partial charge in [0, 0.05) is 25.8 Å². The van der Waals surface area contributed by atoms with Crippen LogP contribution in [0.2, 0.25) is 0 Å². The Labute approximate surface area is 151 Å². The average Bonchev–Trinajstić information content (AvgIpc) is 2.08. The van der Waals surface area contributed by atoms with E-state index in [4.69, 9.17) is 38.9 Å². The van der Waals surface area contributed by atoms with Crippen molar-refractivity contribution in [2.45, 2.75) is 16.5 Å². The third kappa shape index (κ3) is 15.9. The van der Waals surface area contributed by atoms with Crippen molar-refractivity contribution in [3.63, 3.8) is 0 Å². The SMILES string of the molecule is O=S(=O)([O-])C(F)(F)F.O=S(=O)([O-])C(F)(F)F.O=S(=O)([O-])C(F)(F)F.[Hf]. The number of halogens is 9. The molecule has 0 saturated carbocycles. The van der Waals surface area contributed by atoms with Gasteiger partial charge in [-0.1, -0.05) is 0 Å². The molecule has 0 heterocycles. The number of alkyl halides is 9. The molecule has 0 radical (unpaired) electrons. The maximum Gasteiger partial charge on any atom is 0.485 e. The number of rotatable bonds is 0. The second kappa shape index (κ2) is 9.77. The molecule has 0 aromatic heterocycles. The first kappa shape index (κ1) is 32.6. The normalized spacial score (nSPS) is 13.4. The van der Waals surface area contributed by atoms with E-state index in [0.717, 1.165) is 0 Å². The second-order valence-corrected chi connectivity index (χ2v) is 6.81. The summed E-state index contributed by atoms with van der Waals surface area (Å²) in [5.74, 6) is 0. The van der Waals surface area contributed by atoms with Crippen molar-refractivity contribution in [3.05, 3.63) is 0 Å². The van der Waals surface area contributed by atoms with E-state index < -0.39 is 46.9 Å². The molecule has 0 fully saturated rings. The predicted molar refractivity (Wildman–Crippen MR) is 47.3 cm³/mol. The molecule has 0 amide bonds. The van der Waals surface area contributed by atoms with Crippen molar-refractivity contribution >= 4 is 30.4 Å². The Hall–Kier alpha value is -0.0299. The Kier molecular flexibility index (Phi) is 12.8. The van der Waals surface area contributed by atoms with E-state index in [1.807, 2.05) is 0 Å². The Balaban J connectivity index is -0.000000130. The quantitative estimate of drug-likeness (QED) is 0.157. The summed E-state index contributed by atoms with van der Waals surface area (Å²) in [6, 6.07) is 0. The average molecular weight is 626 g/mol. The van der Waals surface area contributed by atoms with E-state index in [0.29, 0.717) is 0 Å². The first-order valence-corrected chi connectivity index (χ1v) is 8.04. The second-order valence-electron chi connectivity index (χ2n) is 2.70. The van der Waals surface area contributed by atoms with Gasteiger partial charge in [0.1, 0.15) is 0 Å². The summed E-state index contributed by atoms with van der Waals surface area (Å²) in [7, 11) is -18.3. The van der Waals surface area contributed by atoms with E-state index in [1.54, 1.807) is 0 Å². The Morgan fingerprint density at radius 3 is 0.480 bits per heavy atom. The molecule has 0 unspecified atom stereocenters. The largest absolute Gasteiger partial charge is 0.741 e. The summed E-state index contributed by atoms with van der Waals surface area (Å²) in [5, 5.41) is 0. The Morgan fingerprint density at radius 2 is 0.480 bits per heavy atom. The summed E-state index contributed by atoms with van der Waals surface area (Å²) >= 11 is 0. The summed E-state index contributed by atoms with van der Waals surface area (Å²) in [5.41, 5.74) is -16.9. The van der Waals surface area contributed by atoms with Crippen LogP contribution in [-0.2, 0) is 56.2 Å². The van der Waals surface area contributed by atoms with Crippen LogP contribution in [0.4, 0.5) is 39.5 Å². The van der Waals surface area contributed by atoms with Gasteiger partial charge in [-0.2, -0.15) is 39.5 Å². The van der Waals surface area contributed by atoms with E-state index in [2.05, 4.69) is 0 Å². The zero-order valence-electron chi connectivity index (χ0n) is 10.3. The van der Waals surface area contributed by atoms with Gasteiger partial charge in [0.05, 0.1) is 0 Å². The fraction of sp³-hybridized carbons (Fsp3) is 1.00. The molecule has 154 valence electrons. The predicted octanol–water partition coefficient (Wildman–Crippen LogP) is 0.152. The maximum atomic E-state index is 10.7. The maximum absolute atomic E-state index is 10.7. The monoisotopic (exact) mass is 627 g/mol. The van der Waals surface area contributed by atoms with Crippen LogP contribution in [0.25, 0.3) is 0 Å². The van der Waals surface area contributed by atoms with E-state index in [-0.39, 0.29) is 25.8 Å². The third-order valence-electron chi connectivity index (χ3n) is 0.850. The fourth-order valence-corrected chi connectivity index (χ4v) is 0. The van der Waals surface area contributed by atoms with Crippen LogP contribution >= 0.6 is 0 Å². The molecule has 9 nitrogen and oxygen atoms in total. The topological polar surface area (TPSA) is 172 Å². The minimum atomic E-state index is -6.09. The molecule has 0 bridgehead atoms. The molecule has 0 spiro atoms. The molecular weight excluding hydrogens is 626 g/mol. The summed E-state index contributed by atoms with van der Waals surface area (Å²) in [6.45, 7) is 0. The van der Waals surface area contributed by atoms with Crippen LogP contribution in [-0.4, -0.2) is 55.4 Å². The molecule has 0 N–H and O–H groups in total. The summed E-state index contributed by atoms with van der Waals surface area (Å²) in [4.78, 5) is 0. The molecule has 25 heavy (non-hydrogen) atoms. The van der Waals surface area contributed by atoms with Gasteiger partial charge in [-0.05, 0) is 0 Å². The summed E-state index contributed by atoms with van der Waals surface area (Å²) < 4.78 is 177. The van der Waals surface area contributed by atoms with Gasteiger partial charge in [-0.25, -0.2) is 25.3 Å². The first-order valence-electron chi connectivity index (χ1n) is 3.81. The van der Waals surface area contributed by atoms with Crippen LogP contribution in [0, 0.1) is 0 Å². The van der Waals surface area contributed by atoms with E-state index in [9.17, 15) is 39.5 Å². The van der Waals surface area contributed by atoms with Gasteiger partial charge in [0.25, 0.3) is 0 Å². The van der Waals surface area contributed by atoms with Crippen molar-refractivity contribution in [1.29, 1.82) is 0 Å². The molecule has 0 rings (SSSR count). The van der Waals surface area contributed by atoms with E-state index >= 15 is 0 Å². The summed E-state index contributed by atoms with van der Waals surface area (Å²) in [6.07, 6.45) is 0. The van der Waals surface area contributed by atoms with Gasteiger partial charge in [0.2, 0.25) is 0 Å².